The van der Waals surface area contributed by atoms with Gasteiger partial charge in [-0.15, -0.1) is 0 Å². The normalized spacial score (nSPS) is 12.9. The number of ether oxygens (including phenoxy) is 1. The van der Waals surface area contributed by atoms with Crippen molar-refractivity contribution < 1.29 is 9.53 Å². The average molecular weight is 101 g/mol. The maximum atomic E-state index is 9.43. The highest BCUT2D eigenvalue weighted by Gasteiger charge is 1.93. The maximum Gasteiger partial charge on any atom is 0.417 e. The van der Waals surface area contributed by atoms with Gasteiger partial charge in [0, 0.05) is 0 Å². The van der Waals surface area contributed by atoms with E-state index in [1.54, 1.807) is 0 Å². The van der Waals surface area contributed by atoms with Crippen molar-refractivity contribution in [1.82, 2.24) is 0 Å². The van der Waals surface area contributed by atoms with Crippen molar-refractivity contribution in [3.8, 4) is 0 Å². The van der Waals surface area contributed by atoms with Crippen LogP contribution in [0.15, 0.2) is 0 Å². The molecule has 0 aromatic heterocycles. The molecule has 1 radical (unpaired) electrons. The van der Waals surface area contributed by atoms with Crippen LogP contribution in [-0.2, 0) is 9.53 Å². The summed E-state index contributed by atoms with van der Waals surface area (Å²) in [6, 6.07) is 0. The zero-order valence-electron chi connectivity index (χ0n) is 4.60. The Morgan fingerprint density at radius 3 is 2.57 bits per heavy atom. The first-order valence-electron chi connectivity index (χ1n) is 2.34. The van der Waals surface area contributed by atoms with Crippen LogP contribution < -0.4 is 0 Å². The molecule has 0 aliphatic carbocycles. The predicted octanol–water partition coefficient (Wildman–Crippen LogP) is 0.869. The minimum atomic E-state index is 0.0255. The molecule has 0 rings (SSSR count). The van der Waals surface area contributed by atoms with Gasteiger partial charge in [0.25, 0.3) is 0 Å². The van der Waals surface area contributed by atoms with Crippen molar-refractivity contribution in [1.29, 1.82) is 0 Å². The van der Waals surface area contributed by atoms with E-state index >= 15 is 0 Å². The highest BCUT2D eigenvalue weighted by molar-refractivity contribution is 5.38. The lowest BCUT2D eigenvalue weighted by atomic mass is 10.3. The lowest BCUT2D eigenvalue weighted by Crippen LogP contribution is -2.03. The molecule has 2 heteroatoms. The summed E-state index contributed by atoms with van der Waals surface area (Å²) in [5, 5.41) is 0. The first-order chi connectivity index (χ1) is 3.31. The third-order valence-electron chi connectivity index (χ3n) is 0.824. The monoisotopic (exact) mass is 101 g/mol. The number of carbonyl (C=O) groups excluding carboxylic acids is 1. The molecule has 0 aliphatic rings. The Hall–Kier alpha value is -0.530. The standard InChI is InChI=1S/C5H9O2/c1-3-5(2)7-4-6/h5H,3H2,1-2H3. The fourth-order valence-electron chi connectivity index (χ4n) is 0.165. The second-order valence-electron chi connectivity index (χ2n) is 1.42. The molecule has 1 unspecified atom stereocenters. The maximum absolute atomic E-state index is 9.43. The molecular weight excluding hydrogens is 92.1 g/mol. The highest BCUT2D eigenvalue weighted by Crippen LogP contribution is 1.90. The predicted molar refractivity (Wildman–Crippen MR) is 26.5 cm³/mol. The van der Waals surface area contributed by atoms with Gasteiger partial charge in [0.05, 0.1) is 6.10 Å². The lowest BCUT2D eigenvalue weighted by molar-refractivity contribution is 0.190. The van der Waals surface area contributed by atoms with Crippen molar-refractivity contribution in [3.63, 3.8) is 0 Å². The molecular formula is C5H9O2. The van der Waals surface area contributed by atoms with Crippen LogP contribution in [0.4, 0.5) is 0 Å². The van der Waals surface area contributed by atoms with Crippen LogP contribution in [0.25, 0.3) is 0 Å². The van der Waals surface area contributed by atoms with E-state index in [4.69, 9.17) is 0 Å². The molecule has 41 valence electrons. The quantitative estimate of drug-likeness (QED) is 0.527. The van der Waals surface area contributed by atoms with Crippen molar-refractivity contribution >= 4 is 6.47 Å². The lowest BCUT2D eigenvalue weighted by Gasteiger charge is -2.01. The van der Waals surface area contributed by atoms with Gasteiger partial charge < -0.3 is 4.74 Å². The van der Waals surface area contributed by atoms with Gasteiger partial charge in [-0.05, 0) is 13.3 Å². The smallest absolute Gasteiger partial charge is 0.417 e. The first kappa shape index (κ1) is 6.47. The van der Waals surface area contributed by atoms with Gasteiger partial charge in [0.15, 0.2) is 0 Å². The SMILES string of the molecule is CCC(C)O[C]=O. The van der Waals surface area contributed by atoms with Gasteiger partial charge in [0.2, 0.25) is 0 Å². The van der Waals surface area contributed by atoms with Crippen LogP contribution in [0.2, 0.25) is 0 Å². The first-order valence-corrected chi connectivity index (χ1v) is 2.34. The second kappa shape index (κ2) is 3.65. The van der Waals surface area contributed by atoms with Gasteiger partial charge in [0.1, 0.15) is 0 Å². The van der Waals surface area contributed by atoms with Crippen molar-refractivity contribution in [2.75, 3.05) is 0 Å². The Morgan fingerprint density at radius 2 is 2.43 bits per heavy atom. The molecule has 0 aliphatic heterocycles. The molecule has 0 saturated heterocycles. The van der Waals surface area contributed by atoms with Crippen LogP contribution in [0.5, 0.6) is 0 Å². The molecule has 0 aromatic rings. The third kappa shape index (κ3) is 3.30. The Kier molecular flexibility index (Phi) is 3.38. The Balaban J connectivity index is 2.98. The molecule has 0 aromatic carbocycles. The summed E-state index contributed by atoms with van der Waals surface area (Å²) in [7, 11) is 0. The van der Waals surface area contributed by atoms with Crippen molar-refractivity contribution in [3.05, 3.63) is 0 Å². The van der Waals surface area contributed by atoms with Crippen molar-refractivity contribution in [2.45, 2.75) is 26.4 Å². The summed E-state index contributed by atoms with van der Waals surface area (Å²) >= 11 is 0. The molecule has 7 heavy (non-hydrogen) atoms. The van der Waals surface area contributed by atoms with Crippen LogP contribution in [0.1, 0.15) is 20.3 Å². The van der Waals surface area contributed by atoms with Gasteiger partial charge in [-0.1, -0.05) is 6.92 Å². The van der Waals surface area contributed by atoms with E-state index in [9.17, 15) is 4.79 Å². The molecule has 0 fully saturated rings. The zero-order chi connectivity index (χ0) is 5.70. The van der Waals surface area contributed by atoms with E-state index in [1.807, 2.05) is 13.8 Å². The van der Waals surface area contributed by atoms with E-state index in [-0.39, 0.29) is 6.10 Å². The Morgan fingerprint density at radius 1 is 1.86 bits per heavy atom. The van der Waals surface area contributed by atoms with Gasteiger partial charge in [-0.3, -0.25) is 0 Å². The summed E-state index contributed by atoms with van der Waals surface area (Å²) in [6.45, 7) is 5.14. The molecule has 0 saturated carbocycles. The van der Waals surface area contributed by atoms with Crippen LogP contribution >= 0.6 is 0 Å². The molecule has 0 spiro atoms. The van der Waals surface area contributed by atoms with Crippen LogP contribution in [0.3, 0.4) is 0 Å². The molecule has 0 bridgehead atoms. The molecule has 2 nitrogen and oxygen atoms in total. The fraction of sp³-hybridized carbons (Fsp3) is 0.800. The Labute approximate surface area is 43.5 Å². The second-order valence-corrected chi connectivity index (χ2v) is 1.42. The average Bonchev–Trinajstić information content (AvgIpc) is 1.68. The fourth-order valence-corrected chi connectivity index (χ4v) is 0.165. The summed E-state index contributed by atoms with van der Waals surface area (Å²) < 4.78 is 4.39. The number of rotatable bonds is 3. The topological polar surface area (TPSA) is 26.3 Å². The van der Waals surface area contributed by atoms with E-state index in [2.05, 4.69) is 4.74 Å². The third-order valence-corrected chi connectivity index (χ3v) is 0.824. The minimum Gasteiger partial charge on any atom is -0.454 e. The minimum absolute atomic E-state index is 0.0255. The van der Waals surface area contributed by atoms with Gasteiger partial charge in [-0.25, -0.2) is 4.79 Å². The highest BCUT2D eigenvalue weighted by atomic mass is 16.5. The van der Waals surface area contributed by atoms with Crippen LogP contribution in [-0.4, -0.2) is 12.6 Å². The summed E-state index contributed by atoms with van der Waals surface area (Å²) in [4.78, 5) is 9.43. The van der Waals surface area contributed by atoms with E-state index in [1.165, 1.54) is 6.47 Å². The molecule has 1 atom stereocenters. The van der Waals surface area contributed by atoms with Crippen LogP contribution in [0, 0.1) is 0 Å². The summed E-state index contributed by atoms with van der Waals surface area (Å²) in [5.74, 6) is 0. The molecule has 0 N–H and O–H groups in total. The number of hydrogen-bond donors (Lipinski definition) is 0. The largest absolute Gasteiger partial charge is 0.454 e. The van der Waals surface area contributed by atoms with E-state index < -0.39 is 0 Å². The summed E-state index contributed by atoms with van der Waals surface area (Å²) in [5.41, 5.74) is 0. The zero-order valence-corrected chi connectivity index (χ0v) is 4.60. The van der Waals surface area contributed by atoms with E-state index in [0.29, 0.717) is 0 Å². The Bertz CT molecular complexity index is 52.0. The number of hydrogen-bond acceptors (Lipinski definition) is 2. The van der Waals surface area contributed by atoms with Gasteiger partial charge >= 0.3 is 6.47 Å². The molecule has 0 amide bonds. The summed E-state index contributed by atoms with van der Waals surface area (Å²) in [6.07, 6.45) is 0.882. The van der Waals surface area contributed by atoms with E-state index in [0.717, 1.165) is 6.42 Å². The van der Waals surface area contributed by atoms with Gasteiger partial charge in [-0.2, -0.15) is 0 Å². The van der Waals surface area contributed by atoms with Crippen molar-refractivity contribution in [2.24, 2.45) is 0 Å². The molecule has 0 heterocycles.